The fourth-order valence-electron chi connectivity index (χ4n) is 2.90. The van der Waals surface area contributed by atoms with Gasteiger partial charge in [0.2, 0.25) is 0 Å². The maximum atomic E-state index is 10.7. The van der Waals surface area contributed by atoms with E-state index in [1.54, 1.807) is 6.07 Å². The van der Waals surface area contributed by atoms with Gasteiger partial charge in [-0.2, -0.15) is 0 Å². The van der Waals surface area contributed by atoms with E-state index in [0.717, 1.165) is 41.5 Å². The van der Waals surface area contributed by atoms with Gasteiger partial charge in [-0.25, -0.2) is 4.79 Å². The summed E-state index contributed by atoms with van der Waals surface area (Å²) in [4.78, 5) is 10.7. The Bertz CT molecular complexity index is 715. The van der Waals surface area contributed by atoms with Gasteiger partial charge in [0.25, 0.3) is 0 Å². The number of aliphatic hydroxyl groups is 1. The minimum atomic E-state index is -1.00. The largest absolute Gasteiger partial charge is 0.481 e. The molecule has 1 saturated carbocycles. The fraction of sp³-hybridized carbons (Fsp3) is 0.316. The molecule has 0 bridgehead atoms. The Morgan fingerprint density at radius 1 is 1.17 bits per heavy atom. The summed E-state index contributed by atoms with van der Waals surface area (Å²) < 4.78 is 5.39. The Kier molecular flexibility index (Phi) is 4.09. The first-order valence-electron chi connectivity index (χ1n) is 7.76. The van der Waals surface area contributed by atoms with E-state index in [9.17, 15) is 9.90 Å². The maximum absolute atomic E-state index is 10.7. The first-order chi connectivity index (χ1) is 11.0. The lowest BCUT2D eigenvalue weighted by molar-refractivity contribution is -0.139. The van der Waals surface area contributed by atoms with Gasteiger partial charge in [-0.05, 0) is 49.4 Å². The summed E-state index contributed by atoms with van der Waals surface area (Å²) >= 11 is 0. The quantitative estimate of drug-likeness (QED) is 0.887. The van der Waals surface area contributed by atoms with E-state index in [1.165, 1.54) is 0 Å². The van der Waals surface area contributed by atoms with Crippen LogP contribution in [0.1, 0.15) is 30.4 Å². The molecular weight excluding hydrogens is 292 g/mol. The van der Waals surface area contributed by atoms with Crippen LogP contribution < -0.4 is 4.74 Å². The number of carboxylic acids is 1. The molecule has 1 fully saturated rings. The third-order valence-corrected chi connectivity index (χ3v) is 4.40. The molecule has 0 aliphatic heterocycles. The molecule has 0 atom stereocenters. The van der Waals surface area contributed by atoms with Crippen molar-refractivity contribution < 1.29 is 19.7 Å². The predicted molar refractivity (Wildman–Crippen MR) is 87.5 cm³/mol. The van der Waals surface area contributed by atoms with Gasteiger partial charge in [0.05, 0.1) is 5.60 Å². The molecule has 3 rings (SSSR count). The zero-order chi connectivity index (χ0) is 16.4. The molecule has 1 aliphatic rings. The van der Waals surface area contributed by atoms with Crippen molar-refractivity contribution in [3.63, 3.8) is 0 Å². The summed E-state index contributed by atoms with van der Waals surface area (Å²) in [5.74, 6) is -0.452. The normalized spacial score (nSPS) is 15.7. The SMILES string of the molecule is Cc1ccc(OCC(=O)O)c(-c2ccc(C3(O)CCC3)cc2)c1. The number of aryl methyl sites for hydroxylation is 1. The summed E-state index contributed by atoms with van der Waals surface area (Å²) in [6.45, 7) is 1.61. The highest BCUT2D eigenvalue weighted by Crippen LogP contribution is 2.41. The zero-order valence-electron chi connectivity index (χ0n) is 13.1. The molecule has 2 aromatic carbocycles. The van der Waals surface area contributed by atoms with Crippen LogP contribution in [0, 0.1) is 6.92 Å². The van der Waals surface area contributed by atoms with E-state index in [4.69, 9.17) is 9.84 Å². The second kappa shape index (κ2) is 6.05. The third kappa shape index (κ3) is 3.22. The van der Waals surface area contributed by atoms with Gasteiger partial charge in [0.1, 0.15) is 5.75 Å². The number of ether oxygens (including phenoxy) is 1. The lowest BCUT2D eigenvalue weighted by Gasteiger charge is -2.37. The highest BCUT2D eigenvalue weighted by molar-refractivity contribution is 5.73. The van der Waals surface area contributed by atoms with Crippen LogP contribution in [0.25, 0.3) is 11.1 Å². The van der Waals surface area contributed by atoms with Crippen LogP contribution in [-0.2, 0) is 10.4 Å². The van der Waals surface area contributed by atoms with Gasteiger partial charge in [-0.3, -0.25) is 0 Å². The molecule has 0 aromatic heterocycles. The molecule has 23 heavy (non-hydrogen) atoms. The molecule has 2 aromatic rings. The standard InChI is InChI=1S/C19H20O4/c1-13-3-8-17(23-12-18(20)21)16(11-13)14-4-6-15(7-5-14)19(22)9-2-10-19/h3-8,11,22H,2,9-10,12H2,1H3,(H,20,21). The maximum Gasteiger partial charge on any atom is 0.341 e. The van der Waals surface area contributed by atoms with Gasteiger partial charge in [0.15, 0.2) is 6.61 Å². The Morgan fingerprint density at radius 2 is 1.87 bits per heavy atom. The van der Waals surface area contributed by atoms with Gasteiger partial charge in [-0.1, -0.05) is 35.9 Å². The van der Waals surface area contributed by atoms with Crippen molar-refractivity contribution in [2.24, 2.45) is 0 Å². The average molecular weight is 312 g/mol. The lowest BCUT2D eigenvalue weighted by Crippen LogP contribution is -2.33. The number of carbonyl (C=O) groups is 1. The molecular formula is C19H20O4. The van der Waals surface area contributed by atoms with Crippen molar-refractivity contribution >= 4 is 5.97 Å². The van der Waals surface area contributed by atoms with E-state index in [0.29, 0.717) is 5.75 Å². The minimum absolute atomic E-state index is 0.367. The van der Waals surface area contributed by atoms with Crippen molar-refractivity contribution in [1.82, 2.24) is 0 Å². The molecule has 0 unspecified atom stereocenters. The Hall–Kier alpha value is -2.33. The molecule has 4 heteroatoms. The van der Waals surface area contributed by atoms with E-state index in [1.807, 2.05) is 43.3 Å². The van der Waals surface area contributed by atoms with E-state index in [-0.39, 0.29) is 6.61 Å². The van der Waals surface area contributed by atoms with Gasteiger partial charge in [-0.15, -0.1) is 0 Å². The van der Waals surface area contributed by atoms with Crippen LogP contribution in [0.15, 0.2) is 42.5 Å². The van der Waals surface area contributed by atoms with Crippen LogP contribution in [0.2, 0.25) is 0 Å². The summed E-state index contributed by atoms with van der Waals surface area (Å²) in [6, 6.07) is 13.5. The summed E-state index contributed by atoms with van der Waals surface area (Å²) in [5.41, 5.74) is 3.14. The molecule has 0 heterocycles. The molecule has 2 N–H and O–H groups in total. The Morgan fingerprint density at radius 3 is 2.43 bits per heavy atom. The zero-order valence-corrected chi connectivity index (χ0v) is 13.1. The van der Waals surface area contributed by atoms with Crippen molar-refractivity contribution in [1.29, 1.82) is 0 Å². The molecule has 0 amide bonds. The Balaban J connectivity index is 1.90. The fourth-order valence-corrected chi connectivity index (χ4v) is 2.90. The average Bonchev–Trinajstić information content (AvgIpc) is 2.51. The van der Waals surface area contributed by atoms with Gasteiger partial charge in [0, 0.05) is 5.56 Å². The monoisotopic (exact) mass is 312 g/mol. The second-order valence-electron chi connectivity index (χ2n) is 6.14. The van der Waals surface area contributed by atoms with Crippen LogP contribution in [0.4, 0.5) is 0 Å². The van der Waals surface area contributed by atoms with Crippen molar-refractivity contribution in [2.45, 2.75) is 31.8 Å². The summed E-state index contributed by atoms with van der Waals surface area (Å²) in [5, 5.41) is 19.2. The van der Waals surface area contributed by atoms with E-state index in [2.05, 4.69) is 0 Å². The van der Waals surface area contributed by atoms with Crippen LogP contribution >= 0.6 is 0 Å². The van der Waals surface area contributed by atoms with Crippen molar-refractivity contribution in [2.75, 3.05) is 6.61 Å². The number of carboxylic acid groups (broad SMARTS) is 1. The van der Waals surface area contributed by atoms with Crippen molar-refractivity contribution in [3.8, 4) is 16.9 Å². The molecule has 1 aliphatic carbocycles. The van der Waals surface area contributed by atoms with Crippen LogP contribution in [0.5, 0.6) is 5.75 Å². The first-order valence-corrected chi connectivity index (χ1v) is 7.76. The van der Waals surface area contributed by atoms with Crippen molar-refractivity contribution in [3.05, 3.63) is 53.6 Å². The van der Waals surface area contributed by atoms with Crippen LogP contribution in [-0.4, -0.2) is 22.8 Å². The number of aliphatic carboxylic acids is 1. The van der Waals surface area contributed by atoms with Gasteiger partial charge < -0.3 is 14.9 Å². The Labute approximate surface area is 135 Å². The lowest BCUT2D eigenvalue weighted by atomic mass is 9.75. The summed E-state index contributed by atoms with van der Waals surface area (Å²) in [7, 11) is 0. The minimum Gasteiger partial charge on any atom is -0.481 e. The van der Waals surface area contributed by atoms with Crippen LogP contribution in [0.3, 0.4) is 0 Å². The highest BCUT2D eigenvalue weighted by atomic mass is 16.5. The second-order valence-corrected chi connectivity index (χ2v) is 6.14. The number of hydrogen-bond acceptors (Lipinski definition) is 3. The number of hydrogen-bond donors (Lipinski definition) is 2. The third-order valence-electron chi connectivity index (χ3n) is 4.40. The summed E-state index contributed by atoms with van der Waals surface area (Å²) in [6.07, 6.45) is 2.68. The first kappa shape index (κ1) is 15.6. The van der Waals surface area contributed by atoms with E-state index < -0.39 is 11.6 Å². The predicted octanol–water partition coefficient (Wildman–Crippen LogP) is 3.50. The molecule has 0 radical (unpaired) electrons. The molecule has 0 spiro atoms. The number of benzene rings is 2. The topological polar surface area (TPSA) is 66.8 Å². The number of rotatable bonds is 5. The highest BCUT2D eigenvalue weighted by Gasteiger charge is 2.35. The van der Waals surface area contributed by atoms with E-state index >= 15 is 0 Å². The smallest absolute Gasteiger partial charge is 0.341 e. The van der Waals surface area contributed by atoms with Gasteiger partial charge >= 0.3 is 5.97 Å². The molecule has 120 valence electrons. The molecule has 4 nitrogen and oxygen atoms in total. The molecule has 0 saturated heterocycles.